The molecular weight excluding hydrogens is 542 g/mol. The molecule has 222 valence electrons. The molecule has 0 spiro atoms. The number of ether oxygens (including phenoxy) is 2. The Hall–Kier alpha value is -4.15. The number of piperazine rings is 1. The average Bonchev–Trinajstić information content (AvgIpc) is 3.08. The maximum Gasteiger partial charge on any atom is 0.251 e. The number of nitrogens with one attached hydrogen (secondary N) is 1. The molecule has 9 heteroatoms. The van der Waals surface area contributed by atoms with E-state index >= 15 is 0 Å². The van der Waals surface area contributed by atoms with E-state index in [0.717, 1.165) is 67.3 Å². The van der Waals surface area contributed by atoms with Crippen LogP contribution in [0.1, 0.15) is 51.4 Å². The highest BCUT2D eigenvalue weighted by Gasteiger charge is 2.34. The zero-order valence-corrected chi connectivity index (χ0v) is 24.1. The van der Waals surface area contributed by atoms with Gasteiger partial charge in [0.2, 0.25) is 5.95 Å². The van der Waals surface area contributed by atoms with Crippen molar-refractivity contribution in [2.24, 2.45) is 0 Å². The lowest BCUT2D eigenvalue weighted by molar-refractivity contribution is -0.253. The molecule has 4 aromatic rings. The summed E-state index contributed by atoms with van der Waals surface area (Å²) in [5.74, 6) is 0.678. The number of amides is 1. The molecule has 2 N–H and O–H groups in total. The number of rotatable bonds is 9. The molecule has 2 aliphatic heterocycles. The first-order valence-corrected chi connectivity index (χ1v) is 14.8. The highest BCUT2D eigenvalue weighted by Crippen LogP contribution is 2.38. The monoisotopic (exact) mass is 579 g/mol. The van der Waals surface area contributed by atoms with Gasteiger partial charge in [-0.25, -0.2) is 9.97 Å². The number of anilines is 1. The summed E-state index contributed by atoms with van der Waals surface area (Å²) in [6.07, 6.45) is 3.62. The van der Waals surface area contributed by atoms with Gasteiger partial charge >= 0.3 is 0 Å². The van der Waals surface area contributed by atoms with Gasteiger partial charge in [-0.2, -0.15) is 0 Å². The van der Waals surface area contributed by atoms with Crippen LogP contribution in [0.3, 0.4) is 0 Å². The molecule has 2 aliphatic rings. The van der Waals surface area contributed by atoms with Gasteiger partial charge in [-0.3, -0.25) is 9.69 Å². The highest BCUT2D eigenvalue weighted by molar-refractivity contribution is 5.94. The summed E-state index contributed by atoms with van der Waals surface area (Å²) in [5, 5.41) is 12.5. The van der Waals surface area contributed by atoms with Crippen molar-refractivity contribution in [1.82, 2.24) is 20.2 Å². The maximum absolute atomic E-state index is 12.5. The minimum atomic E-state index is -0.520. The normalized spacial score (nSPS) is 21.0. The number of aromatic nitrogens is 2. The van der Waals surface area contributed by atoms with Crippen molar-refractivity contribution < 1.29 is 19.4 Å². The van der Waals surface area contributed by atoms with Gasteiger partial charge in [0.1, 0.15) is 0 Å². The summed E-state index contributed by atoms with van der Waals surface area (Å²) in [6.45, 7) is 4.79. The minimum absolute atomic E-state index is 0.0122. The molecule has 1 amide bonds. The zero-order chi connectivity index (χ0) is 29.4. The van der Waals surface area contributed by atoms with Gasteiger partial charge in [0, 0.05) is 69.2 Å². The molecule has 43 heavy (non-hydrogen) atoms. The SMILES string of the molecule is O=C(NCc1ccc([C@H]2O[C@@H](CN3CCN(c4ncccn4)CC3)C[C@@H](c3ccc(CO)cc3)O2)cc1)c1ccccc1. The second-order valence-corrected chi connectivity index (χ2v) is 11.0. The van der Waals surface area contributed by atoms with Crippen molar-refractivity contribution in [3.8, 4) is 0 Å². The lowest BCUT2D eigenvalue weighted by Crippen LogP contribution is -2.50. The van der Waals surface area contributed by atoms with Crippen LogP contribution in [-0.2, 0) is 22.6 Å². The standard InChI is InChI=1S/C34H37N5O4/c40-24-26-9-11-27(12-10-26)31-21-30(23-38-17-19-39(20-18-38)34-35-15-4-16-36-34)42-33(43-31)29-13-7-25(8-14-29)22-37-32(41)28-5-2-1-3-6-28/h1-16,30-31,33,40H,17-24H2,(H,37,41)/t30-,31+,33+/m1/s1. The van der Waals surface area contributed by atoms with Crippen LogP contribution in [0, 0.1) is 0 Å². The number of carbonyl (C=O) groups is 1. The van der Waals surface area contributed by atoms with Gasteiger partial charge in [0.05, 0.1) is 18.8 Å². The topological polar surface area (TPSA) is 100 Å². The van der Waals surface area contributed by atoms with Crippen molar-refractivity contribution in [3.63, 3.8) is 0 Å². The van der Waals surface area contributed by atoms with E-state index in [1.54, 1.807) is 24.5 Å². The molecule has 1 aromatic heterocycles. The second kappa shape index (κ2) is 13.9. The molecule has 3 atom stereocenters. The number of carbonyl (C=O) groups excluding carboxylic acids is 1. The third-order valence-electron chi connectivity index (χ3n) is 8.02. The van der Waals surface area contributed by atoms with E-state index in [9.17, 15) is 9.90 Å². The molecule has 0 saturated carbocycles. The number of aliphatic hydroxyl groups is 1. The smallest absolute Gasteiger partial charge is 0.251 e. The Balaban J connectivity index is 1.11. The third-order valence-corrected chi connectivity index (χ3v) is 8.02. The second-order valence-electron chi connectivity index (χ2n) is 11.0. The van der Waals surface area contributed by atoms with E-state index < -0.39 is 6.29 Å². The summed E-state index contributed by atoms with van der Waals surface area (Å²) in [7, 11) is 0. The minimum Gasteiger partial charge on any atom is -0.392 e. The van der Waals surface area contributed by atoms with E-state index in [4.69, 9.17) is 9.47 Å². The fourth-order valence-electron chi connectivity index (χ4n) is 5.57. The number of nitrogens with zero attached hydrogens (tertiary/aromatic N) is 4. The van der Waals surface area contributed by atoms with Gasteiger partial charge in [-0.15, -0.1) is 0 Å². The van der Waals surface area contributed by atoms with E-state index in [0.29, 0.717) is 12.1 Å². The Labute approximate surface area is 252 Å². The predicted molar refractivity (Wildman–Crippen MR) is 163 cm³/mol. The Morgan fingerprint density at radius 1 is 0.814 bits per heavy atom. The molecule has 9 nitrogen and oxygen atoms in total. The lowest BCUT2D eigenvalue weighted by atomic mass is 9.99. The summed E-state index contributed by atoms with van der Waals surface area (Å²) in [4.78, 5) is 25.9. The number of hydrogen-bond donors (Lipinski definition) is 2. The fourth-order valence-corrected chi connectivity index (χ4v) is 5.57. The molecule has 0 unspecified atom stereocenters. The largest absolute Gasteiger partial charge is 0.392 e. The van der Waals surface area contributed by atoms with Crippen LogP contribution in [0.4, 0.5) is 5.95 Å². The average molecular weight is 580 g/mol. The van der Waals surface area contributed by atoms with Crippen LogP contribution in [-0.4, -0.2) is 64.7 Å². The first-order chi connectivity index (χ1) is 21.1. The lowest BCUT2D eigenvalue weighted by Gasteiger charge is -2.40. The third kappa shape index (κ3) is 7.44. The number of aliphatic hydroxyl groups excluding tert-OH is 1. The van der Waals surface area contributed by atoms with Gasteiger partial charge in [0.15, 0.2) is 6.29 Å². The van der Waals surface area contributed by atoms with Crippen LogP contribution in [0.5, 0.6) is 0 Å². The quantitative estimate of drug-likeness (QED) is 0.303. The van der Waals surface area contributed by atoms with E-state index in [1.807, 2.05) is 72.8 Å². The zero-order valence-electron chi connectivity index (χ0n) is 24.1. The van der Waals surface area contributed by atoms with Crippen molar-refractivity contribution in [2.45, 2.75) is 38.1 Å². The van der Waals surface area contributed by atoms with Crippen molar-refractivity contribution in [3.05, 3.63) is 125 Å². The van der Waals surface area contributed by atoms with Crippen LogP contribution < -0.4 is 10.2 Å². The molecule has 3 aromatic carbocycles. The molecule has 0 radical (unpaired) electrons. The van der Waals surface area contributed by atoms with Gasteiger partial charge < -0.3 is 24.8 Å². The highest BCUT2D eigenvalue weighted by atomic mass is 16.7. The Morgan fingerprint density at radius 2 is 1.49 bits per heavy atom. The van der Waals surface area contributed by atoms with Gasteiger partial charge in [-0.05, 0) is 34.9 Å². The first kappa shape index (κ1) is 28.9. The van der Waals surface area contributed by atoms with Crippen LogP contribution in [0.15, 0.2) is 97.3 Å². The van der Waals surface area contributed by atoms with Crippen molar-refractivity contribution in [1.29, 1.82) is 0 Å². The molecule has 2 saturated heterocycles. The maximum atomic E-state index is 12.5. The Bertz CT molecular complexity index is 1450. The van der Waals surface area contributed by atoms with Crippen LogP contribution >= 0.6 is 0 Å². The van der Waals surface area contributed by atoms with Gasteiger partial charge in [0.25, 0.3) is 5.91 Å². The van der Waals surface area contributed by atoms with Crippen molar-refractivity contribution in [2.75, 3.05) is 37.6 Å². The predicted octanol–water partition coefficient (Wildman–Crippen LogP) is 4.27. The summed E-state index contributed by atoms with van der Waals surface area (Å²) in [5.41, 5.74) is 4.52. The van der Waals surface area contributed by atoms with Crippen LogP contribution in [0.2, 0.25) is 0 Å². The molecule has 0 bridgehead atoms. The van der Waals surface area contributed by atoms with E-state index in [-0.39, 0.29) is 24.7 Å². The summed E-state index contributed by atoms with van der Waals surface area (Å²) >= 11 is 0. The van der Waals surface area contributed by atoms with Crippen LogP contribution in [0.25, 0.3) is 0 Å². The molecule has 6 rings (SSSR count). The fraction of sp³-hybridized carbons (Fsp3) is 0.324. The van der Waals surface area contributed by atoms with Crippen molar-refractivity contribution >= 4 is 11.9 Å². The first-order valence-electron chi connectivity index (χ1n) is 14.8. The van der Waals surface area contributed by atoms with Gasteiger partial charge in [-0.1, -0.05) is 66.7 Å². The number of benzene rings is 3. The molecule has 3 heterocycles. The molecule has 2 fully saturated rings. The summed E-state index contributed by atoms with van der Waals surface area (Å²) in [6, 6.07) is 27.1. The van der Waals surface area contributed by atoms with E-state index in [1.165, 1.54) is 0 Å². The molecular formula is C34H37N5O4. The summed E-state index contributed by atoms with van der Waals surface area (Å²) < 4.78 is 13.1. The van der Waals surface area contributed by atoms with E-state index in [2.05, 4.69) is 25.1 Å². The molecule has 0 aliphatic carbocycles. The number of hydrogen-bond acceptors (Lipinski definition) is 8. The Kier molecular flexibility index (Phi) is 9.34. The Morgan fingerprint density at radius 3 is 2.19 bits per heavy atom.